The number of aromatic nitrogens is 1. The van der Waals surface area contributed by atoms with Gasteiger partial charge in [0.2, 0.25) is 23.6 Å². The number of nitrogens with zero attached hydrogens (tertiary/aromatic N) is 5. The van der Waals surface area contributed by atoms with Crippen LogP contribution in [0.15, 0.2) is 66.9 Å². The summed E-state index contributed by atoms with van der Waals surface area (Å²) >= 11 is 0. The van der Waals surface area contributed by atoms with Crippen molar-refractivity contribution < 1.29 is 28.8 Å². The summed E-state index contributed by atoms with van der Waals surface area (Å²) in [6, 6.07) is 14.9. The molecule has 12 nitrogen and oxygen atoms in total. The molecule has 0 fully saturated rings. The predicted molar refractivity (Wildman–Crippen MR) is 247 cm³/mol. The van der Waals surface area contributed by atoms with Crippen molar-refractivity contribution in [2.75, 3.05) is 42.3 Å². The van der Waals surface area contributed by atoms with Crippen LogP contribution in [0.3, 0.4) is 0 Å². The number of fused-ring (bicyclic) bond motifs is 1. The highest BCUT2D eigenvalue weighted by atomic mass is 16.2. The zero-order valence-corrected chi connectivity index (χ0v) is 39.6. The molecule has 0 bridgehead atoms. The Morgan fingerprint density at radius 3 is 1.69 bits per heavy atom. The number of ketones is 2. The number of Topliss-reactive ketones (excluding diaryl/α,β-unsaturated/α-hetero) is 2. The zero-order valence-electron chi connectivity index (χ0n) is 39.6. The summed E-state index contributed by atoms with van der Waals surface area (Å²) < 4.78 is 0. The Morgan fingerprint density at radius 1 is 0.639 bits per heavy atom. The second kappa shape index (κ2) is 24.4. The molecule has 2 aromatic carbocycles. The lowest BCUT2D eigenvalue weighted by atomic mass is 9.90. The summed E-state index contributed by atoms with van der Waals surface area (Å²) in [4.78, 5) is 88.2. The zero-order chi connectivity index (χ0) is 46.3. The van der Waals surface area contributed by atoms with Crippen LogP contribution in [0, 0.1) is 17.8 Å². The van der Waals surface area contributed by atoms with Crippen LogP contribution in [0.1, 0.15) is 92.7 Å². The molecule has 12 heteroatoms. The first-order valence-corrected chi connectivity index (χ1v) is 21.6. The average molecular weight is 843 g/mol. The summed E-state index contributed by atoms with van der Waals surface area (Å²) in [5.74, 6) is -0.704. The minimum Gasteiger partial charge on any atom is -0.361 e. The standard InChI is InChI=1S/C26H39N3O2.C23H35N3O4/c1-8-18(3)24(29(7)26(31)25(28(5)6)19(4)9-2)23(30)16-12-13-20-17-27-22-15-11-10-14-21(20)22;1-15(2)21(23(30)24(6)16(3)17(4)27)26(8)22(29)20(25(7)18(5)28)14-19-12-10-9-11-13-19/h10-15,17-19,24-25,27H,8-9,16H2,1-7H3;9-13,15-16,20-21H,14H2,1-8H3/b13-12-;/t18-,19-,24-,25-;16-,20+,21-/m00/s1. The first kappa shape index (κ1) is 52.0. The van der Waals surface area contributed by atoms with Gasteiger partial charge in [0.15, 0.2) is 11.6 Å². The van der Waals surface area contributed by atoms with Gasteiger partial charge in [0.05, 0.1) is 18.1 Å². The van der Waals surface area contributed by atoms with E-state index in [0.717, 1.165) is 34.9 Å². The highest BCUT2D eigenvalue weighted by Crippen LogP contribution is 2.24. The molecule has 3 rings (SSSR count). The number of carbonyl (C=O) groups is 6. The fourth-order valence-electron chi connectivity index (χ4n) is 7.72. The smallest absolute Gasteiger partial charge is 0.246 e. The molecule has 0 saturated heterocycles. The molecule has 0 unspecified atom stereocenters. The number of benzene rings is 2. The quantitative estimate of drug-likeness (QED) is 0.130. The van der Waals surface area contributed by atoms with Gasteiger partial charge in [0.25, 0.3) is 0 Å². The van der Waals surface area contributed by atoms with Crippen molar-refractivity contribution in [1.82, 2.24) is 29.5 Å². The molecule has 1 N–H and O–H groups in total. The van der Waals surface area contributed by atoms with E-state index in [0.29, 0.717) is 12.8 Å². The lowest BCUT2D eigenvalue weighted by Crippen LogP contribution is -2.58. The van der Waals surface area contributed by atoms with E-state index in [9.17, 15) is 28.8 Å². The molecule has 3 aromatic rings. The number of para-hydroxylation sites is 1. The number of amides is 4. The van der Waals surface area contributed by atoms with Gasteiger partial charge in [-0.05, 0) is 62.9 Å². The maximum absolute atomic E-state index is 13.5. The number of hydrogen-bond donors (Lipinski definition) is 1. The first-order chi connectivity index (χ1) is 28.6. The van der Waals surface area contributed by atoms with Gasteiger partial charge < -0.3 is 24.6 Å². The van der Waals surface area contributed by atoms with Crippen LogP contribution in [0.25, 0.3) is 17.0 Å². The highest BCUT2D eigenvalue weighted by molar-refractivity contribution is 5.95. The highest BCUT2D eigenvalue weighted by Gasteiger charge is 2.39. The second-order valence-corrected chi connectivity index (χ2v) is 17.1. The first-order valence-electron chi connectivity index (χ1n) is 21.6. The number of H-pyrrole nitrogens is 1. The van der Waals surface area contributed by atoms with Gasteiger partial charge in [-0.1, -0.05) is 115 Å². The van der Waals surface area contributed by atoms with E-state index in [-0.39, 0.29) is 59.0 Å². The number of nitrogens with one attached hydrogen (secondary N) is 1. The Labute approximate surface area is 365 Å². The topological polar surface area (TPSA) is 134 Å². The molecule has 4 amide bonds. The lowest BCUT2D eigenvalue weighted by molar-refractivity contribution is -0.152. The van der Waals surface area contributed by atoms with E-state index in [1.54, 1.807) is 40.0 Å². The number of hydrogen-bond acceptors (Lipinski definition) is 7. The van der Waals surface area contributed by atoms with Crippen LogP contribution in [0.5, 0.6) is 0 Å². The second-order valence-electron chi connectivity index (χ2n) is 17.1. The molecule has 0 spiro atoms. The van der Waals surface area contributed by atoms with Gasteiger partial charge >= 0.3 is 0 Å². The van der Waals surface area contributed by atoms with Crippen LogP contribution < -0.4 is 0 Å². The van der Waals surface area contributed by atoms with E-state index in [1.165, 1.54) is 28.5 Å². The van der Waals surface area contributed by atoms with Crippen LogP contribution in [-0.4, -0.2) is 137 Å². The number of rotatable bonds is 20. The molecule has 1 aromatic heterocycles. The molecular weight excluding hydrogens is 769 g/mol. The molecule has 0 aliphatic heterocycles. The van der Waals surface area contributed by atoms with E-state index < -0.39 is 24.2 Å². The Balaban J connectivity index is 0.000000420. The molecular formula is C49H74N6O6. The van der Waals surface area contributed by atoms with Crippen molar-refractivity contribution in [3.63, 3.8) is 0 Å². The monoisotopic (exact) mass is 843 g/mol. The van der Waals surface area contributed by atoms with Crippen molar-refractivity contribution in [3.05, 3.63) is 78.0 Å². The molecule has 1 heterocycles. The van der Waals surface area contributed by atoms with Crippen LogP contribution in [-0.2, 0) is 35.2 Å². The van der Waals surface area contributed by atoms with Crippen molar-refractivity contribution in [1.29, 1.82) is 0 Å². The Kier molecular flexibility index (Phi) is 20.8. The summed E-state index contributed by atoms with van der Waals surface area (Å²) in [5.41, 5.74) is 3.07. The maximum atomic E-state index is 13.5. The normalized spacial score (nSPS) is 14.9. The largest absolute Gasteiger partial charge is 0.361 e. The van der Waals surface area contributed by atoms with Crippen molar-refractivity contribution in [3.8, 4) is 0 Å². The van der Waals surface area contributed by atoms with E-state index in [1.807, 2.05) is 99.7 Å². The third-order valence-corrected chi connectivity index (χ3v) is 12.2. The minimum absolute atomic E-state index is 0.0265. The summed E-state index contributed by atoms with van der Waals surface area (Å²) in [7, 11) is 10.4. The molecule has 0 saturated carbocycles. The van der Waals surface area contributed by atoms with Crippen molar-refractivity contribution in [2.45, 2.75) is 118 Å². The fraction of sp³-hybridized carbons (Fsp3) is 0.551. The number of likely N-dealkylation sites (N-methyl/N-ethyl adjacent to an activating group) is 5. The molecule has 7 atom stereocenters. The fourth-order valence-corrected chi connectivity index (χ4v) is 7.72. The van der Waals surface area contributed by atoms with Crippen LogP contribution >= 0.6 is 0 Å². The molecule has 0 aliphatic rings. The minimum atomic E-state index is -0.747. The average Bonchev–Trinajstić information content (AvgIpc) is 3.64. The van der Waals surface area contributed by atoms with Gasteiger partial charge in [-0.25, -0.2) is 0 Å². The van der Waals surface area contributed by atoms with E-state index in [2.05, 4.69) is 38.7 Å². The Hall–Kier alpha value is -5.10. The predicted octanol–water partition coefficient (Wildman–Crippen LogP) is 6.98. The van der Waals surface area contributed by atoms with Crippen molar-refractivity contribution in [2.24, 2.45) is 17.8 Å². The molecule has 0 radical (unpaired) electrons. The Bertz CT molecular complexity index is 1940. The van der Waals surface area contributed by atoms with Gasteiger partial charge in [0.1, 0.15) is 12.1 Å². The van der Waals surface area contributed by atoms with E-state index in [4.69, 9.17) is 0 Å². The number of aromatic amines is 1. The van der Waals surface area contributed by atoms with Crippen LogP contribution in [0.2, 0.25) is 0 Å². The molecule has 61 heavy (non-hydrogen) atoms. The molecule has 336 valence electrons. The SMILES string of the molecule is CC(=O)[C@H](C)N(C)C(=O)[C@H](C(C)C)N(C)C(=O)[C@@H](Cc1ccccc1)N(C)C(C)=O.CC[C@H](C)[C@@H](C(=O)N(C)[C@H](C(=O)C/C=C\c1c[nH]c2ccccc12)[C@@H](C)CC)N(C)C. The maximum Gasteiger partial charge on any atom is 0.246 e. The summed E-state index contributed by atoms with van der Waals surface area (Å²) in [5, 5.41) is 1.14. The summed E-state index contributed by atoms with van der Waals surface area (Å²) in [6.45, 7) is 16.6. The van der Waals surface area contributed by atoms with Gasteiger partial charge in [-0.15, -0.1) is 0 Å². The number of allylic oxidation sites excluding steroid dienone is 1. The molecule has 0 aliphatic carbocycles. The third kappa shape index (κ3) is 14.0. The van der Waals surface area contributed by atoms with Gasteiger partial charge in [-0.2, -0.15) is 0 Å². The van der Waals surface area contributed by atoms with Gasteiger partial charge in [-0.3, -0.25) is 33.7 Å². The van der Waals surface area contributed by atoms with E-state index >= 15 is 0 Å². The lowest BCUT2D eigenvalue weighted by Gasteiger charge is -2.38. The summed E-state index contributed by atoms with van der Waals surface area (Å²) in [6.07, 6.45) is 8.29. The number of carbonyl (C=O) groups excluding carboxylic acids is 6. The Morgan fingerprint density at radius 2 is 1.16 bits per heavy atom. The third-order valence-electron chi connectivity index (χ3n) is 12.2. The van der Waals surface area contributed by atoms with Crippen LogP contribution in [0.4, 0.5) is 0 Å². The van der Waals surface area contributed by atoms with Crippen molar-refractivity contribution >= 4 is 52.2 Å². The van der Waals surface area contributed by atoms with Gasteiger partial charge in [0, 0.05) is 65.1 Å².